The molecule has 4 rings (SSSR count). The van der Waals surface area contributed by atoms with Crippen LogP contribution in [0.2, 0.25) is 5.02 Å². The summed E-state index contributed by atoms with van der Waals surface area (Å²) >= 11 is 5.88. The second-order valence-corrected chi connectivity index (χ2v) is 6.77. The number of carbonyl (C=O) groups is 1. The molecule has 3 aromatic rings. The van der Waals surface area contributed by atoms with Crippen LogP contribution in [0.1, 0.15) is 10.4 Å². The average molecular weight is 389 g/mol. The number of rotatable bonds is 2. The molecule has 9 heteroatoms. The quantitative estimate of drug-likeness (QED) is 0.713. The second-order valence-electron chi connectivity index (χ2n) is 6.33. The molecule has 1 saturated heterocycles. The Hall–Kier alpha value is -2.84. The third kappa shape index (κ3) is 2.96. The number of nitrogens with one attached hydrogen (secondary N) is 1. The minimum absolute atomic E-state index is 0.233. The van der Waals surface area contributed by atoms with E-state index in [1.807, 2.05) is 0 Å². The highest BCUT2D eigenvalue weighted by molar-refractivity contribution is 6.30. The Labute approximate surface area is 158 Å². The van der Waals surface area contributed by atoms with Crippen molar-refractivity contribution in [3.63, 3.8) is 0 Å². The van der Waals surface area contributed by atoms with Gasteiger partial charge in [0.25, 0.3) is 11.5 Å². The monoisotopic (exact) mass is 388 g/mol. The molecule has 8 nitrogen and oxygen atoms in total. The Morgan fingerprint density at radius 3 is 2.48 bits per heavy atom. The zero-order valence-electron chi connectivity index (χ0n) is 14.6. The number of benzene rings is 1. The molecule has 1 amide bonds. The molecular formula is C18H17ClN4O4. The van der Waals surface area contributed by atoms with Crippen molar-refractivity contribution in [1.29, 1.82) is 0 Å². The predicted octanol–water partition coefficient (Wildman–Crippen LogP) is 1.14. The van der Waals surface area contributed by atoms with E-state index in [1.165, 1.54) is 0 Å². The first kappa shape index (κ1) is 17.6. The number of hydrogen-bond donors (Lipinski definition) is 1. The first-order valence-corrected chi connectivity index (χ1v) is 8.82. The maximum absolute atomic E-state index is 13.0. The molecule has 0 radical (unpaired) electrons. The third-order valence-corrected chi connectivity index (χ3v) is 4.89. The topological polar surface area (TPSA) is 89.3 Å². The number of H-pyrrole nitrogens is 1. The summed E-state index contributed by atoms with van der Waals surface area (Å²) in [6.45, 7) is 1.88. The number of fused-ring (bicyclic) bond motifs is 1. The van der Waals surface area contributed by atoms with Crippen LogP contribution in [0.3, 0.4) is 0 Å². The minimum Gasteiger partial charge on any atom is -0.378 e. The maximum Gasteiger partial charge on any atom is 0.333 e. The van der Waals surface area contributed by atoms with Crippen LogP contribution >= 0.6 is 11.6 Å². The Morgan fingerprint density at radius 1 is 1.15 bits per heavy atom. The molecule has 27 heavy (non-hydrogen) atoms. The minimum atomic E-state index is -0.614. The van der Waals surface area contributed by atoms with Crippen molar-refractivity contribution in [3.05, 3.63) is 61.9 Å². The normalized spacial score (nSPS) is 14.7. The van der Waals surface area contributed by atoms with E-state index in [4.69, 9.17) is 16.3 Å². The number of hydrogen-bond acceptors (Lipinski definition) is 4. The third-order valence-electron chi connectivity index (χ3n) is 4.64. The molecule has 0 atom stereocenters. The summed E-state index contributed by atoms with van der Waals surface area (Å²) in [5.41, 5.74) is 0.0775. The van der Waals surface area contributed by atoms with E-state index in [2.05, 4.69) is 4.98 Å². The summed E-state index contributed by atoms with van der Waals surface area (Å²) in [7, 11) is 1.67. The van der Waals surface area contributed by atoms with E-state index in [9.17, 15) is 14.4 Å². The zero-order valence-corrected chi connectivity index (χ0v) is 15.3. The van der Waals surface area contributed by atoms with Crippen molar-refractivity contribution in [2.45, 2.75) is 0 Å². The van der Waals surface area contributed by atoms with Gasteiger partial charge in [-0.3, -0.25) is 9.59 Å². The standard InChI is InChI=1S/C18H17ClN4O4/c1-21-10-13(16(24)22-6-8-27-9-7-22)14-15(21)17(25)23(18(26)20-14)12-4-2-11(19)3-5-12/h2-5,10H,6-9H2,1H3,(H,20,26). The van der Waals surface area contributed by atoms with Crippen LogP contribution in [0.4, 0.5) is 0 Å². The molecular weight excluding hydrogens is 372 g/mol. The number of aromatic amines is 1. The van der Waals surface area contributed by atoms with Crippen LogP contribution in [-0.2, 0) is 11.8 Å². The van der Waals surface area contributed by atoms with Crippen LogP contribution in [0, 0.1) is 0 Å². The fourth-order valence-corrected chi connectivity index (χ4v) is 3.42. The lowest BCUT2D eigenvalue weighted by atomic mass is 10.2. The van der Waals surface area contributed by atoms with Crippen molar-refractivity contribution in [1.82, 2.24) is 19.0 Å². The molecule has 1 aliphatic heterocycles. The van der Waals surface area contributed by atoms with Gasteiger partial charge in [0.1, 0.15) is 5.52 Å². The molecule has 0 saturated carbocycles. The molecule has 2 aromatic heterocycles. The summed E-state index contributed by atoms with van der Waals surface area (Å²) < 4.78 is 7.86. The Kier molecular flexibility index (Phi) is 4.37. The van der Waals surface area contributed by atoms with E-state index >= 15 is 0 Å². The molecule has 0 bridgehead atoms. The van der Waals surface area contributed by atoms with E-state index in [1.54, 1.807) is 47.0 Å². The molecule has 0 unspecified atom stereocenters. The highest BCUT2D eigenvalue weighted by atomic mass is 35.5. The summed E-state index contributed by atoms with van der Waals surface area (Å²) in [6, 6.07) is 6.39. The molecule has 0 aliphatic carbocycles. The largest absolute Gasteiger partial charge is 0.378 e. The first-order valence-electron chi connectivity index (χ1n) is 8.44. The Morgan fingerprint density at radius 2 is 1.81 bits per heavy atom. The number of amides is 1. The number of ether oxygens (including phenoxy) is 1. The molecule has 0 spiro atoms. The van der Waals surface area contributed by atoms with Crippen molar-refractivity contribution in [2.75, 3.05) is 26.3 Å². The van der Waals surface area contributed by atoms with Crippen molar-refractivity contribution in [3.8, 4) is 5.69 Å². The van der Waals surface area contributed by atoms with E-state index in [0.29, 0.717) is 42.6 Å². The van der Waals surface area contributed by atoms with Gasteiger partial charge in [-0.25, -0.2) is 9.36 Å². The van der Waals surface area contributed by atoms with E-state index < -0.39 is 11.2 Å². The highest BCUT2D eigenvalue weighted by Gasteiger charge is 2.25. The first-order chi connectivity index (χ1) is 13.0. The molecule has 140 valence electrons. The number of aromatic nitrogens is 3. The van der Waals surface area contributed by atoms with Gasteiger partial charge in [0, 0.05) is 31.4 Å². The molecule has 1 aliphatic rings. The number of morpholine rings is 1. The van der Waals surface area contributed by atoms with Gasteiger partial charge in [-0.2, -0.15) is 0 Å². The lowest BCUT2D eigenvalue weighted by molar-refractivity contribution is 0.0304. The molecule has 3 heterocycles. The smallest absolute Gasteiger partial charge is 0.333 e. The van der Waals surface area contributed by atoms with Gasteiger partial charge in [0.15, 0.2) is 0 Å². The SMILES string of the molecule is Cn1cc(C(=O)N2CCOCC2)c2[nH]c(=O)n(-c3ccc(Cl)cc3)c(=O)c21. The van der Waals surface area contributed by atoms with Gasteiger partial charge >= 0.3 is 5.69 Å². The molecule has 1 aromatic carbocycles. The van der Waals surface area contributed by atoms with Crippen LogP contribution in [0.25, 0.3) is 16.7 Å². The second kappa shape index (κ2) is 6.71. The summed E-state index contributed by atoms with van der Waals surface area (Å²) in [5, 5.41) is 0.501. The fourth-order valence-electron chi connectivity index (χ4n) is 3.30. The van der Waals surface area contributed by atoms with E-state index in [0.717, 1.165) is 4.57 Å². The maximum atomic E-state index is 13.0. The number of nitrogens with zero attached hydrogens (tertiary/aromatic N) is 3. The fraction of sp³-hybridized carbons (Fsp3) is 0.278. The van der Waals surface area contributed by atoms with Crippen molar-refractivity contribution < 1.29 is 9.53 Å². The predicted molar refractivity (Wildman–Crippen MR) is 101 cm³/mol. The van der Waals surface area contributed by atoms with Crippen LogP contribution in [0.5, 0.6) is 0 Å². The van der Waals surface area contributed by atoms with Gasteiger partial charge in [0.05, 0.1) is 30.0 Å². The van der Waals surface area contributed by atoms with Gasteiger partial charge in [0.2, 0.25) is 0 Å². The van der Waals surface area contributed by atoms with Crippen LogP contribution in [0.15, 0.2) is 40.1 Å². The van der Waals surface area contributed by atoms with E-state index in [-0.39, 0.29) is 16.9 Å². The van der Waals surface area contributed by atoms with Crippen LogP contribution < -0.4 is 11.2 Å². The van der Waals surface area contributed by atoms with Gasteiger partial charge in [-0.15, -0.1) is 0 Å². The number of carbonyl (C=O) groups excluding carboxylic acids is 1. The lowest BCUT2D eigenvalue weighted by Gasteiger charge is -2.26. The number of halogens is 1. The molecule has 1 N–H and O–H groups in total. The highest BCUT2D eigenvalue weighted by Crippen LogP contribution is 2.18. The average Bonchev–Trinajstić information content (AvgIpc) is 2.99. The number of aryl methyl sites for hydroxylation is 1. The van der Waals surface area contributed by atoms with Gasteiger partial charge in [-0.05, 0) is 24.3 Å². The van der Waals surface area contributed by atoms with Gasteiger partial charge < -0.3 is 19.2 Å². The summed E-state index contributed by atoms with van der Waals surface area (Å²) in [6.07, 6.45) is 1.58. The molecule has 1 fully saturated rings. The summed E-state index contributed by atoms with van der Waals surface area (Å²) in [4.78, 5) is 42.8. The van der Waals surface area contributed by atoms with Crippen LogP contribution in [-0.4, -0.2) is 51.2 Å². The van der Waals surface area contributed by atoms with Crippen molar-refractivity contribution >= 4 is 28.5 Å². The Balaban J connectivity index is 1.89. The van der Waals surface area contributed by atoms with Gasteiger partial charge in [-0.1, -0.05) is 11.6 Å². The zero-order chi connectivity index (χ0) is 19.1. The summed E-state index contributed by atoms with van der Waals surface area (Å²) in [5.74, 6) is -0.233. The van der Waals surface area contributed by atoms with Crippen molar-refractivity contribution in [2.24, 2.45) is 7.05 Å². The lowest BCUT2D eigenvalue weighted by Crippen LogP contribution is -2.41. The Bertz CT molecular complexity index is 1140.